The fourth-order valence-electron chi connectivity index (χ4n) is 7.31. The van der Waals surface area contributed by atoms with Crippen LogP contribution in [-0.4, -0.2) is 14.1 Å². The number of imidazole rings is 1. The number of nitrogens with zero attached hydrogens (tertiary/aromatic N) is 4. The maximum atomic E-state index is 8.99. The van der Waals surface area contributed by atoms with Gasteiger partial charge in [-0.05, 0) is 74.6 Å². The van der Waals surface area contributed by atoms with Crippen LogP contribution >= 0.6 is 11.6 Å². The van der Waals surface area contributed by atoms with Gasteiger partial charge in [0.1, 0.15) is 5.82 Å². The van der Waals surface area contributed by atoms with Crippen molar-refractivity contribution in [2.45, 2.75) is 26.2 Å². The first-order valence-corrected chi connectivity index (χ1v) is 18.9. The molecule has 0 aliphatic carbocycles. The van der Waals surface area contributed by atoms with Crippen LogP contribution in [0.4, 0.5) is 0 Å². The molecular weight excluding hydrogens is 927 g/mol. The zero-order chi connectivity index (χ0) is 48.1. The molecule has 5 nitrogen and oxygen atoms in total. The normalized spacial score (nSPS) is 14.0. The van der Waals surface area contributed by atoms with Crippen LogP contribution < -0.4 is 9.30 Å². The van der Waals surface area contributed by atoms with E-state index >= 15 is 0 Å². The van der Waals surface area contributed by atoms with Gasteiger partial charge in [-0.3, -0.25) is 4.57 Å². The molecule has 7 heteroatoms. The maximum absolute atomic E-state index is 8.99. The van der Waals surface area contributed by atoms with E-state index in [0.717, 1.165) is 27.4 Å². The van der Waals surface area contributed by atoms with Gasteiger partial charge in [0, 0.05) is 49.3 Å². The van der Waals surface area contributed by atoms with Crippen molar-refractivity contribution in [3.05, 3.63) is 199 Å². The molecule has 290 valence electrons. The Kier molecular flexibility index (Phi) is 7.41. The molecule has 0 bridgehead atoms. The van der Waals surface area contributed by atoms with Crippen LogP contribution in [0.2, 0.25) is 5.02 Å². The van der Waals surface area contributed by atoms with Crippen molar-refractivity contribution < 1.29 is 44.1 Å². The number of hydrogen-bond acceptors (Lipinski definition) is 2. The Morgan fingerprint density at radius 1 is 0.695 bits per heavy atom. The number of fused-ring (bicyclic) bond motifs is 4. The molecule has 0 saturated heterocycles. The molecule has 0 amide bonds. The Morgan fingerprint density at radius 2 is 1.39 bits per heavy atom. The first-order valence-electron chi connectivity index (χ1n) is 23.5. The monoisotopic (exact) mass is 973 g/mol. The Bertz CT molecular complexity index is 3610. The van der Waals surface area contributed by atoms with Crippen molar-refractivity contribution in [3.8, 4) is 50.9 Å². The minimum atomic E-state index is -0.576. The van der Waals surface area contributed by atoms with Gasteiger partial charge in [0.15, 0.2) is 0 Å². The molecule has 10 aromatic rings. The molecule has 0 spiro atoms. The van der Waals surface area contributed by atoms with E-state index in [1.807, 2.05) is 53.1 Å². The van der Waals surface area contributed by atoms with Gasteiger partial charge in [-0.15, -0.1) is 29.7 Å². The van der Waals surface area contributed by atoms with Gasteiger partial charge in [0.25, 0.3) is 6.33 Å². The number of aromatic nitrogens is 4. The maximum Gasteiger partial charge on any atom is 0.268 e. The summed E-state index contributed by atoms with van der Waals surface area (Å²) in [4.78, 5) is 4.78. The number of pyridine rings is 1. The van der Waals surface area contributed by atoms with E-state index < -0.39 is 60.4 Å². The first kappa shape index (κ1) is 28.2. The Balaban J connectivity index is 0.00000593. The molecular formula is C52H37ClN4OPt-2. The van der Waals surface area contributed by atoms with Gasteiger partial charge < -0.3 is 13.9 Å². The molecule has 0 atom stereocenters. The molecule has 59 heavy (non-hydrogen) atoms. The van der Waals surface area contributed by atoms with E-state index in [0.29, 0.717) is 39.1 Å². The average Bonchev–Trinajstić information content (AvgIpc) is 3.87. The topological polar surface area (TPSA) is 35.9 Å². The number of para-hydroxylation sites is 3. The van der Waals surface area contributed by atoms with Gasteiger partial charge in [-0.1, -0.05) is 141 Å². The first-order chi connectivity index (χ1) is 32.4. The van der Waals surface area contributed by atoms with Crippen LogP contribution in [0.3, 0.4) is 0 Å². The van der Waals surface area contributed by atoms with Crippen LogP contribution in [0, 0.1) is 18.5 Å². The molecule has 0 unspecified atom stereocenters. The van der Waals surface area contributed by atoms with Crippen LogP contribution in [0.25, 0.3) is 72.3 Å². The minimum absolute atomic E-state index is 0. The van der Waals surface area contributed by atoms with Crippen molar-refractivity contribution in [1.29, 1.82) is 0 Å². The molecule has 10 rings (SSSR count). The van der Waals surface area contributed by atoms with Crippen molar-refractivity contribution in [3.63, 3.8) is 0 Å². The van der Waals surface area contributed by atoms with Gasteiger partial charge in [-0.2, -0.15) is 18.2 Å². The molecule has 0 saturated carbocycles. The number of ether oxygens (including phenoxy) is 1. The Morgan fingerprint density at radius 3 is 2.12 bits per heavy atom. The zero-order valence-corrected chi connectivity index (χ0v) is 34.8. The Labute approximate surface area is 377 Å². The quantitative estimate of drug-likeness (QED) is 0.118. The second-order valence-electron chi connectivity index (χ2n) is 14.7. The fourth-order valence-corrected chi connectivity index (χ4v) is 7.48. The van der Waals surface area contributed by atoms with Gasteiger partial charge in [0.05, 0.1) is 30.4 Å². The molecule has 0 radical (unpaired) electrons. The van der Waals surface area contributed by atoms with Crippen LogP contribution in [0.1, 0.15) is 40.0 Å². The van der Waals surface area contributed by atoms with Crippen molar-refractivity contribution in [2.24, 2.45) is 0 Å². The molecule has 0 aliphatic rings. The summed E-state index contributed by atoms with van der Waals surface area (Å²) in [5.74, 6) is 1.46. The second-order valence-corrected chi connectivity index (χ2v) is 15.1. The van der Waals surface area contributed by atoms with Gasteiger partial charge in [0.2, 0.25) is 0 Å². The van der Waals surface area contributed by atoms with Gasteiger partial charge in [-0.25, -0.2) is 4.98 Å². The third-order valence-electron chi connectivity index (χ3n) is 10.0. The van der Waals surface area contributed by atoms with E-state index in [1.165, 1.54) is 0 Å². The van der Waals surface area contributed by atoms with Crippen LogP contribution in [-0.2, 0) is 26.5 Å². The summed E-state index contributed by atoms with van der Waals surface area (Å²) in [6.45, 7) is 6.46. The van der Waals surface area contributed by atoms with Crippen LogP contribution in [0.15, 0.2) is 170 Å². The predicted molar refractivity (Wildman–Crippen MR) is 235 cm³/mol. The van der Waals surface area contributed by atoms with Gasteiger partial charge >= 0.3 is 0 Å². The molecule has 0 aliphatic heterocycles. The molecule has 0 fully saturated rings. The summed E-state index contributed by atoms with van der Waals surface area (Å²) in [7, 11) is 0. The van der Waals surface area contributed by atoms with E-state index in [-0.39, 0.29) is 54.4 Å². The van der Waals surface area contributed by atoms with Crippen molar-refractivity contribution >= 4 is 44.4 Å². The molecule has 0 N–H and O–H groups in total. The fraction of sp³-hybridized carbons (Fsp3) is 0.0769. The minimum Gasteiger partial charge on any atom is -0.510 e. The van der Waals surface area contributed by atoms with Crippen LogP contribution in [0.5, 0.6) is 11.5 Å². The third-order valence-corrected chi connectivity index (χ3v) is 10.3. The smallest absolute Gasteiger partial charge is 0.268 e. The summed E-state index contributed by atoms with van der Waals surface area (Å²) in [6.07, 6.45) is 5.19. The van der Waals surface area contributed by atoms with Crippen molar-refractivity contribution in [2.75, 3.05) is 0 Å². The second kappa shape index (κ2) is 15.5. The summed E-state index contributed by atoms with van der Waals surface area (Å²) < 4.78 is 98.6. The molecule has 7 aromatic carbocycles. The SMILES string of the molecule is [2H]c1c([2H])c([2H])c(-c2cccc(-c3c([2H])c([2H])c([2H])c([2H])c3[2H])c2-[n+]2[c-]n(-c3[c-]c(Oc4[c-]c5c(cc4)c4cc(Cl)ccc4n5-c4cc(C(C)(C)C)ccn4)ccc3)c3ccccc32)c([2H])c1[2H].[Pt]. The summed E-state index contributed by atoms with van der Waals surface area (Å²) in [5.41, 5.74) is 4.38. The average molecular weight is 974 g/mol. The Hall–Kier alpha value is -6.26. The molecule has 3 heterocycles. The summed E-state index contributed by atoms with van der Waals surface area (Å²) >= 11 is 6.53. The summed E-state index contributed by atoms with van der Waals surface area (Å²) in [6, 6.07) is 32.5. The number of rotatable bonds is 7. The van der Waals surface area contributed by atoms with E-state index in [9.17, 15) is 0 Å². The third kappa shape index (κ3) is 7.05. The number of halogens is 1. The molecule has 3 aromatic heterocycles. The predicted octanol–water partition coefficient (Wildman–Crippen LogP) is 12.9. The van der Waals surface area contributed by atoms with Crippen molar-refractivity contribution in [1.82, 2.24) is 14.1 Å². The van der Waals surface area contributed by atoms with E-state index in [1.54, 1.807) is 63.9 Å². The standard InChI is InChI=1S/C52H37ClN4O.Pt/c1-52(2,3)37-28-29-54-50(30-37)57-46-27-24-38(53)31-45(46)44-26-25-41(33-49(44)57)58-40-19-12-18-39(32-40)55-34-56(48-23-11-10-22-47(48)55)51-42(35-14-6-4-7-15-35)20-13-21-43(51)36-16-8-5-9-17-36;/h4-31H,1-3H3;/q-2;/i4D,5D,6D,7D,8D,9D,14D,15D,16D,17D;. The zero-order valence-electron chi connectivity index (χ0n) is 41.8. The number of hydrogen-bond donors (Lipinski definition) is 0. The number of benzene rings is 7. The largest absolute Gasteiger partial charge is 0.510 e. The summed E-state index contributed by atoms with van der Waals surface area (Å²) in [5, 5.41) is 2.43. The van der Waals surface area contributed by atoms with E-state index in [4.69, 9.17) is 35.0 Å². The van der Waals surface area contributed by atoms with E-state index in [2.05, 4.69) is 45.3 Å².